The molecule has 2 unspecified atom stereocenters. The van der Waals surface area contributed by atoms with Crippen LogP contribution in [0.5, 0.6) is 0 Å². The van der Waals surface area contributed by atoms with E-state index in [2.05, 4.69) is 12.2 Å². The third kappa shape index (κ3) is 3.47. The minimum Gasteiger partial charge on any atom is -0.469 e. The van der Waals surface area contributed by atoms with Crippen molar-refractivity contribution in [2.75, 3.05) is 20.3 Å². The highest BCUT2D eigenvalue weighted by Gasteiger charge is 2.36. The summed E-state index contributed by atoms with van der Waals surface area (Å²) in [4.78, 5) is 11.4. The summed E-state index contributed by atoms with van der Waals surface area (Å²) in [6.45, 7) is 5.68. The van der Waals surface area contributed by atoms with E-state index >= 15 is 0 Å². The van der Waals surface area contributed by atoms with E-state index in [1.165, 1.54) is 7.11 Å². The topological polar surface area (TPSA) is 47.6 Å². The lowest BCUT2D eigenvalue weighted by molar-refractivity contribution is -0.144. The summed E-state index contributed by atoms with van der Waals surface area (Å²) in [6, 6.07) is 0. The Balaban J connectivity index is 2.63. The van der Waals surface area contributed by atoms with Gasteiger partial charge in [0.2, 0.25) is 0 Å². The summed E-state index contributed by atoms with van der Waals surface area (Å²) >= 11 is 0. The minimum absolute atomic E-state index is 0.125. The maximum atomic E-state index is 11.4. The van der Waals surface area contributed by atoms with Crippen LogP contribution < -0.4 is 5.32 Å². The van der Waals surface area contributed by atoms with E-state index in [0.717, 1.165) is 19.4 Å². The van der Waals surface area contributed by atoms with Crippen molar-refractivity contribution in [2.45, 2.75) is 44.8 Å². The molecule has 0 amide bonds. The Hall–Kier alpha value is -0.610. The molecule has 1 rings (SSSR count). The molecule has 0 aliphatic carbocycles. The molecule has 1 saturated heterocycles. The molecular weight excluding hydrogens is 194 g/mol. The molecule has 1 N–H and O–H groups in total. The molecule has 0 aromatic carbocycles. The van der Waals surface area contributed by atoms with Gasteiger partial charge < -0.3 is 14.8 Å². The fraction of sp³-hybridized carbons (Fsp3) is 0.909. The van der Waals surface area contributed by atoms with Gasteiger partial charge in [-0.05, 0) is 26.3 Å². The van der Waals surface area contributed by atoms with E-state index in [1.807, 2.05) is 6.92 Å². The first-order valence-electron chi connectivity index (χ1n) is 5.55. The monoisotopic (exact) mass is 215 g/mol. The van der Waals surface area contributed by atoms with Gasteiger partial charge in [-0.1, -0.05) is 6.92 Å². The Kier molecular flexibility index (Phi) is 4.54. The summed E-state index contributed by atoms with van der Waals surface area (Å²) in [7, 11) is 1.44. The fourth-order valence-electron chi connectivity index (χ4n) is 2.27. The number of esters is 1. The average molecular weight is 215 g/mol. The number of carbonyl (C=O) groups is 1. The van der Waals surface area contributed by atoms with Crippen molar-refractivity contribution < 1.29 is 14.3 Å². The lowest BCUT2D eigenvalue weighted by Gasteiger charge is -2.40. The van der Waals surface area contributed by atoms with Crippen molar-refractivity contribution in [2.24, 2.45) is 0 Å². The van der Waals surface area contributed by atoms with Crippen LogP contribution in [0, 0.1) is 0 Å². The Morgan fingerprint density at radius 1 is 1.67 bits per heavy atom. The van der Waals surface area contributed by atoms with Crippen LogP contribution in [-0.2, 0) is 14.3 Å². The van der Waals surface area contributed by atoms with Gasteiger partial charge in [-0.15, -0.1) is 0 Å². The highest BCUT2D eigenvalue weighted by Crippen LogP contribution is 2.28. The standard InChI is InChI=1S/C11H21NO3/c1-4-12-11(8-10(13)14-3)5-6-15-9(2)7-11/h9,12H,4-8H2,1-3H3. The van der Waals surface area contributed by atoms with Crippen molar-refractivity contribution in [3.05, 3.63) is 0 Å². The van der Waals surface area contributed by atoms with E-state index in [4.69, 9.17) is 9.47 Å². The van der Waals surface area contributed by atoms with Crippen molar-refractivity contribution in [3.8, 4) is 0 Å². The zero-order chi connectivity index (χ0) is 11.3. The zero-order valence-corrected chi connectivity index (χ0v) is 9.84. The fourth-order valence-corrected chi connectivity index (χ4v) is 2.27. The Bertz CT molecular complexity index is 216. The molecule has 0 aromatic rings. The van der Waals surface area contributed by atoms with Crippen molar-refractivity contribution in [1.29, 1.82) is 0 Å². The Morgan fingerprint density at radius 3 is 2.93 bits per heavy atom. The summed E-state index contributed by atoms with van der Waals surface area (Å²) in [5.41, 5.74) is -0.125. The second-order valence-corrected chi connectivity index (χ2v) is 4.20. The van der Waals surface area contributed by atoms with Crippen molar-refractivity contribution in [3.63, 3.8) is 0 Å². The second kappa shape index (κ2) is 5.47. The lowest BCUT2D eigenvalue weighted by Crippen LogP contribution is -2.52. The van der Waals surface area contributed by atoms with Crippen LogP contribution in [0.25, 0.3) is 0 Å². The van der Waals surface area contributed by atoms with E-state index in [0.29, 0.717) is 13.0 Å². The molecule has 1 aliphatic rings. The Labute approximate surface area is 91.3 Å². The number of ether oxygens (including phenoxy) is 2. The molecule has 0 bridgehead atoms. The first kappa shape index (κ1) is 12.5. The summed E-state index contributed by atoms with van der Waals surface area (Å²) < 4.78 is 10.2. The number of methoxy groups -OCH3 is 1. The van der Waals surface area contributed by atoms with E-state index in [9.17, 15) is 4.79 Å². The molecule has 0 radical (unpaired) electrons. The lowest BCUT2D eigenvalue weighted by atomic mass is 9.84. The molecule has 4 nitrogen and oxygen atoms in total. The summed E-state index contributed by atoms with van der Waals surface area (Å²) in [5, 5.41) is 3.41. The van der Waals surface area contributed by atoms with Crippen LogP contribution >= 0.6 is 0 Å². The van der Waals surface area contributed by atoms with Crippen LogP contribution in [0.15, 0.2) is 0 Å². The second-order valence-electron chi connectivity index (χ2n) is 4.20. The van der Waals surface area contributed by atoms with Gasteiger partial charge in [0.25, 0.3) is 0 Å². The van der Waals surface area contributed by atoms with Crippen LogP contribution in [0.3, 0.4) is 0 Å². The van der Waals surface area contributed by atoms with Crippen LogP contribution in [0.2, 0.25) is 0 Å². The quantitative estimate of drug-likeness (QED) is 0.713. The number of rotatable bonds is 4. The number of hydrogen-bond acceptors (Lipinski definition) is 4. The van der Waals surface area contributed by atoms with Gasteiger partial charge in [-0.25, -0.2) is 0 Å². The number of hydrogen-bond donors (Lipinski definition) is 1. The van der Waals surface area contributed by atoms with Gasteiger partial charge in [0.15, 0.2) is 0 Å². The zero-order valence-electron chi connectivity index (χ0n) is 9.84. The molecule has 1 aliphatic heterocycles. The summed E-state index contributed by atoms with van der Waals surface area (Å²) in [5.74, 6) is -0.148. The van der Waals surface area contributed by atoms with E-state index < -0.39 is 0 Å². The predicted molar refractivity (Wildman–Crippen MR) is 57.7 cm³/mol. The van der Waals surface area contributed by atoms with Crippen LogP contribution in [0.1, 0.15) is 33.1 Å². The molecule has 15 heavy (non-hydrogen) atoms. The maximum absolute atomic E-state index is 11.4. The third-order valence-electron chi connectivity index (χ3n) is 2.92. The highest BCUT2D eigenvalue weighted by atomic mass is 16.5. The van der Waals surface area contributed by atoms with Crippen molar-refractivity contribution >= 4 is 5.97 Å². The molecule has 2 atom stereocenters. The molecule has 0 saturated carbocycles. The molecule has 88 valence electrons. The molecule has 1 heterocycles. The molecule has 4 heteroatoms. The minimum atomic E-state index is -0.148. The van der Waals surface area contributed by atoms with Crippen LogP contribution in [-0.4, -0.2) is 37.9 Å². The highest BCUT2D eigenvalue weighted by molar-refractivity contribution is 5.70. The van der Waals surface area contributed by atoms with Gasteiger partial charge in [-0.3, -0.25) is 4.79 Å². The molecular formula is C11H21NO3. The first-order valence-corrected chi connectivity index (χ1v) is 5.55. The van der Waals surface area contributed by atoms with E-state index in [-0.39, 0.29) is 17.6 Å². The van der Waals surface area contributed by atoms with Gasteiger partial charge in [0.05, 0.1) is 19.6 Å². The van der Waals surface area contributed by atoms with Crippen LogP contribution in [0.4, 0.5) is 0 Å². The largest absolute Gasteiger partial charge is 0.469 e. The van der Waals surface area contributed by atoms with Gasteiger partial charge in [0.1, 0.15) is 0 Å². The molecule has 1 fully saturated rings. The maximum Gasteiger partial charge on any atom is 0.307 e. The van der Waals surface area contributed by atoms with E-state index in [1.54, 1.807) is 0 Å². The predicted octanol–water partition coefficient (Wildman–Crippen LogP) is 1.10. The van der Waals surface area contributed by atoms with Gasteiger partial charge >= 0.3 is 5.97 Å². The Morgan fingerprint density at radius 2 is 2.40 bits per heavy atom. The summed E-state index contributed by atoms with van der Waals surface area (Å²) in [6.07, 6.45) is 2.39. The number of nitrogens with one attached hydrogen (secondary N) is 1. The normalized spacial score (nSPS) is 31.3. The van der Waals surface area contributed by atoms with Gasteiger partial charge in [-0.2, -0.15) is 0 Å². The SMILES string of the molecule is CCNC1(CC(=O)OC)CCOC(C)C1. The van der Waals surface area contributed by atoms with Gasteiger partial charge in [0, 0.05) is 12.1 Å². The molecule has 0 spiro atoms. The average Bonchev–Trinajstić information content (AvgIpc) is 2.17. The number of carbonyl (C=O) groups excluding carboxylic acids is 1. The third-order valence-corrected chi connectivity index (χ3v) is 2.92. The molecule has 0 aromatic heterocycles. The van der Waals surface area contributed by atoms with Crippen molar-refractivity contribution in [1.82, 2.24) is 5.32 Å². The first-order chi connectivity index (χ1) is 7.12. The smallest absolute Gasteiger partial charge is 0.307 e.